The summed E-state index contributed by atoms with van der Waals surface area (Å²) >= 11 is 6.21. The van der Waals surface area contributed by atoms with E-state index >= 15 is 0 Å². The van der Waals surface area contributed by atoms with Crippen molar-refractivity contribution in [1.82, 2.24) is 14.5 Å². The number of benzene rings is 3. The third-order valence-electron chi connectivity index (χ3n) is 4.97. The third-order valence-corrected chi connectivity index (χ3v) is 5.28. The van der Waals surface area contributed by atoms with E-state index in [-0.39, 0.29) is 0 Å². The fraction of sp³-hybridized carbons (Fsp3) is 0.130. The molecule has 0 unspecified atom stereocenters. The SMILES string of the molecule is COc1ccc2c(c1)c1nc3ccccc3nc1n2CCOc1ccccc1Cl. The molecule has 2 aromatic heterocycles. The van der Waals surface area contributed by atoms with Crippen LogP contribution in [0.1, 0.15) is 0 Å². The lowest BCUT2D eigenvalue weighted by Gasteiger charge is -2.10. The van der Waals surface area contributed by atoms with E-state index in [1.807, 2.05) is 66.7 Å². The van der Waals surface area contributed by atoms with Crippen molar-refractivity contribution >= 4 is 44.7 Å². The Labute approximate surface area is 172 Å². The van der Waals surface area contributed by atoms with Gasteiger partial charge in [0.2, 0.25) is 0 Å². The average molecular weight is 404 g/mol. The van der Waals surface area contributed by atoms with E-state index in [9.17, 15) is 0 Å². The number of ether oxygens (including phenoxy) is 2. The van der Waals surface area contributed by atoms with E-state index in [1.54, 1.807) is 7.11 Å². The minimum Gasteiger partial charge on any atom is -0.497 e. The second-order valence-corrected chi connectivity index (χ2v) is 7.11. The molecule has 0 bridgehead atoms. The fourth-order valence-electron chi connectivity index (χ4n) is 3.58. The number of aromatic nitrogens is 3. The van der Waals surface area contributed by atoms with Crippen molar-refractivity contribution < 1.29 is 9.47 Å². The van der Waals surface area contributed by atoms with E-state index in [0.717, 1.165) is 38.8 Å². The highest BCUT2D eigenvalue weighted by molar-refractivity contribution is 6.32. The minimum absolute atomic E-state index is 0.461. The predicted octanol–water partition coefficient (Wildman–Crippen LogP) is 5.48. The molecular weight excluding hydrogens is 386 g/mol. The van der Waals surface area contributed by atoms with Gasteiger partial charge in [-0.05, 0) is 42.5 Å². The van der Waals surface area contributed by atoms with Crippen molar-refractivity contribution in [1.29, 1.82) is 0 Å². The molecule has 3 aromatic carbocycles. The number of para-hydroxylation sites is 3. The number of methoxy groups -OCH3 is 1. The van der Waals surface area contributed by atoms with Crippen molar-refractivity contribution in [2.45, 2.75) is 6.54 Å². The zero-order valence-electron chi connectivity index (χ0n) is 15.8. The van der Waals surface area contributed by atoms with Crippen LogP contribution < -0.4 is 9.47 Å². The van der Waals surface area contributed by atoms with Crippen molar-refractivity contribution in [3.8, 4) is 11.5 Å². The van der Waals surface area contributed by atoms with Gasteiger partial charge in [0.15, 0.2) is 5.65 Å². The van der Waals surface area contributed by atoms with E-state index < -0.39 is 0 Å². The summed E-state index contributed by atoms with van der Waals surface area (Å²) < 4.78 is 13.5. The number of hydrogen-bond acceptors (Lipinski definition) is 4. The Morgan fingerprint density at radius 1 is 0.931 bits per heavy atom. The molecule has 0 radical (unpaired) electrons. The second-order valence-electron chi connectivity index (χ2n) is 6.70. The molecule has 144 valence electrons. The first kappa shape index (κ1) is 17.8. The summed E-state index contributed by atoms with van der Waals surface area (Å²) in [7, 11) is 1.67. The maximum Gasteiger partial charge on any atom is 0.160 e. The second kappa shape index (κ2) is 7.26. The quantitative estimate of drug-likeness (QED) is 0.390. The Morgan fingerprint density at radius 2 is 1.69 bits per heavy atom. The highest BCUT2D eigenvalue weighted by atomic mass is 35.5. The molecule has 0 aliphatic rings. The van der Waals surface area contributed by atoms with Crippen molar-refractivity contribution in [3.05, 3.63) is 71.8 Å². The molecule has 0 N–H and O–H groups in total. The monoisotopic (exact) mass is 403 g/mol. The number of rotatable bonds is 5. The standard InChI is InChI=1S/C23H18ClN3O2/c1-28-15-10-11-20-16(14-15)22-23(26-19-8-4-3-7-18(19)25-22)27(20)12-13-29-21-9-5-2-6-17(21)24/h2-11,14H,12-13H2,1H3. The van der Waals surface area contributed by atoms with Crippen molar-refractivity contribution in [2.24, 2.45) is 0 Å². The lowest BCUT2D eigenvalue weighted by Crippen LogP contribution is -2.09. The summed E-state index contributed by atoms with van der Waals surface area (Å²) in [4.78, 5) is 9.77. The number of halogens is 1. The summed E-state index contributed by atoms with van der Waals surface area (Å²) in [6.07, 6.45) is 0. The molecule has 5 aromatic rings. The molecule has 6 heteroatoms. The Hall–Kier alpha value is -3.31. The van der Waals surface area contributed by atoms with Gasteiger partial charge in [-0.2, -0.15) is 0 Å². The van der Waals surface area contributed by atoms with Gasteiger partial charge in [0.25, 0.3) is 0 Å². The largest absolute Gasteiger partial charge is 0.497 e. The number of hydrogen-bond donors (Lipinski definition) is 0. The summed E-state index contributed by atoms with van der Waals surface area (Å²) in [5, 5.41) is 1.61. The van der Waals surface area contributed by atoms with Gasteiger partial charge in [0.05, 0.1) is 35.2 Å². The Morgan fingerprint density at radius 3 is 2.48 bits per heavy atom. The first-order chi connectivity index (χ1) is 14.2. The Balaban J connectivity index is 1.62. The van der Waals surface area contributed by atoms with Gasteiger partial charge in [0.1, 0.15) is 23.6 Å². The summed E-state index contributed by atoms with van der Waals surface area (Å²) in [5.74, 6) is 1.46. The number of fused-ring (bicyclic) bond motifs is 4. The first-order valence-electron chi connectivity index (χ1n) is 9.34. The molecule has 0 amide bonds. The first-order valence-corrected chi connectivity index (χ1v) is 9.72. The normalized spacial score (nSPS) is 11.4. The maximum absolute atomic E-state index is 6.21. The zero-order chi connectivity index (χ0) is 19.8. The van der Waals surface area contributed by atoms with Crippen LogP contribution in [0.3, 0.4) is 0 Å². The van der Waals surface area contributed by atoms with Crippen LogP contribution in [0.15, 0.2) is 66.7 Å². The van der Waals surface area contributed by atoms with Gasteiger partial charge < -0.3 is 14.0 Å². The molecule has 5 rings (SSSR count). The van der Waals surface area contributed by atoms with Crippen LogP contribution in [-0.2, 0) is 6.54 Å². The summed E-state index contributed by atoms with van der Waals surface area (Å²) in [6, 6.07) is 21.4. The Bertz CT molecular complexity index is 1350. The van der Waals surface area contributed by atoms with Crippen LogP contribution in [-0.4, -0.2) is 28.3 Å². The van der Waals surface area contributed by atoms with Gasteiger partial charge in [-0.25, -0.2) is 9.97 Å². The molecule has 0 atom stereocenters. The van der Waals surface area contributed by atoms with Crippen molar-refractivity contribution in [2.75, 3.05) is 13.7 Å². The van der Waals surface area contributed by atoms with Crippen molar-refractivity contribution in [3.63, 3.8) is 0 Å². The zero-order valence-corrected chi connectivity index (χ0v) is 16.6. The predicted molar refractivity (Wildman–Crippen MR) is 116 cm³/mol. The van der Waals surface area contributed by atoms with E-state index in [1.165, 1.54) is 0 Å². The van der Waals surface area contributed by atoms with Gasteiger partial charge in [0, 0.05) is 5.39 Å². The molecule has 29 heavy (non-hydrogen) atoms. The molecule has 0 saturated carbocycles. The molecule has 0 spiro atoms. The van der Waals surface area contributed by atoms with Crippen LogP contribution in [0, 0.1) is 0 Å². The van der Waals surface area contributed by atoms with Crippen LogP contribution >= 0.6 is 11.6 Å². The van der Waals surface area contributed by atoms with Gasteiger partial charge >= 0.3 is 0 Å². The maximum atomic E-state index is 6.21. The fourth-order valence-corrected chi connectivity index (χ4v) is 3.77. The smallest absolute Gasteiger partial charge is 0.160 e. The topological polar surface area (TPSA) is 49.2 Å². The van der Waals surface area contributed by atoms with E-state index in [0.29, 0.717) is 23.9 Å². The molecule has 0 fully saturated rings. The molecule has 5 nitrogen and oxygen atoms in total. The lowest BCUT2D eigenvalue weighted by molar-refractivity contribution is 0.302. The highest BCUT2D eigenvalue weighted by Crippen LogP contribution is 2.31. The third kappa shape index (κ3) is 3.13. The molecule has 0 aliphatic carbocycles. The van der Waals surface area contributed by atoms with Crippen LogP contribution in [0.25, 0.3) is 33.1 Å². The van der Waals surface area contributed by atoms with E-state index in [2.05, 4.69) is 4.57 Å². The molecular formula is C23H18ClN3O2. The summed E-state index contributed by atoms with van der Waals surface area (Å²) in [6.45, 7) is 1.08. The van der Waals surface area contributed by atoms with Gasteiger partial charge in [-0.3, -0.25) is 0 Å². The van der Waals surface area contributed by atoms with Crippen LogP contribution in [0.5, 0.6) is 11.5 Å². The Kier molecular flexibility index (Phi) is 4.45. The van der Waals surface area contributed by atoms with E-state index in [4.69, 9.17) is 31.0 Å². The van der Waals surface area contributed by atoms with Crippen LogP contribution in [0.4, 0.5) is 0 Å². The summed E-state index contributed by atoms with van der Waals surface area (Å²) in [5.41, 5.74) is 4.46. The molecule has 2 heterocycles. The van der Waals surface area contributed by atoms with Gasteiger partial charge in [-0.1, -0.05) is 35.9 Å². The minimum atomic E-state index is 0.461. The number of nitrogens with zero attached hydrogens (tertiary/aromatic N) is 3. The highest BCUT2D eigenvalue weighted by Gasteiger charge is 2.15. The molecule has 0 aliphatic heterocycles. The lowest BCUT2D eigenvalue weighted by atomic mass is 10.2. The average Bonchev–Trinajstić information content (AvgIpc) is 3.05. The van der Waals surface area contributed by atoms with Gasteiger partial charge in [-0.15, -0.1) is 0 Å². The van der Waals surface area contributed by atoms with Crippen LogP contribution in [0.2, 0.25) is 5.02 Å². The molecule has 0 saturated heterocycles.